The van der Waals surface area contributed by atoms with E-state index >= 15 is 0 Å². The SMILES string of the molecule is CC(C)(C)OC(=O)N1CCN(CCO)CC1.C[C@@H]1CC[C@H]2[C@@H](C)[C@@](C)(Br)O[C@@H]3O[C@]4(C)CCC1[C@]32OO4.C[C@@H]1CC[C@H]2[C@@H](C)[C@@](C)(OCCN3CCN(C(=O)OC(C)(C)C)CC3)O[C@@H]3O[C@]4(C)CCC1[C@]32OO4.C[C@@H]1CC[C@H]2[C@@H](C)[C@@](C)(OCCN3CCNCC3)O[C@@H]3O[C@]4(C)CCC1[C@]32OO4.ClCCl. The van der Waals surface area contributed by atoms with Crippen LogP contribution < -0.4 is 5.32 Å². The quantitative estimate of drug-likeness (QED) is 0.153. The summed E-state index contributed by atoms with van der Waals surface area (Å²) in [7, 11) is 0. The molecule has 15 saturated heterocycles. The van der Waals surface area contributed by atoms with Crippen LogP contribution in [0.1, 0.15) is 202 Å². The third-order valence-electron chi connectivity index (χ3n) is 26.9. The van der Waals surface area contributed by atoms with E-state index in [1.807, 2.05) is 62.3 Å². The third kappa shape index (κ3) is 17.9. The molecule has 25 nitrogen and oxygen atoms in total. The lowest BCUT2D eigenvalue weighted by molar-refractivity contribution is -0.585. The van der Waals surface area contributed by atoms with Crippen molar-refractivity contribution in [2.75, 3.05) is 123 Å². The molecule has 0 radical (unpaired) electrons. The van der Waals surface area contributed by atoms with E-state index in [1.54, 1.807) is 9.80 Å². The Kier molecular flexibility index (Phi) is 26.9. The van der Waals surface area contributed by atoms with Crippen LogP contribution in [0.25, 0.3) is 0 Å². The molecule has 0 aromatic heterocycles. The summed E-state index contributed by atoms with van der Waals surface area (Å²) in [6.07, 6.45) is 10.8. The molecule has 2 amide bonds. The maximum Gasteiger partial charge on any atom is 0.410 e. The fourth-order valence-corrected chi connectivity index (χ4v) is 20.8. The number of hydrogen-bond acceptors (Lipinski definition) is 23. The number of rotatable bonds is 10. The highest BCUT2D eigenvalue weighted by molar-refractivity contribution is 9.10. The molecule has 24 atom stereocenters. The smallest absolute Gasteiger partial charge is 0.410 e. The lowest BCUT2D eigenvalue weighted by Gasteiger charge is -2.62. The number of fused-ring (bicyclic) bond motifs is 6. The first kappa shape index (κ1) is 84.7. The second-order valence-electron chi connectivity index (χ2n) is 36.2. The Labute approximate surface area is 645 Å². The number of aliphatic hydroxyl groups is 1. The van der Waals surface area contributed by atoms with E-state index in [0.717, 1.165) is 123 Å². The van der Waals surface area contributed by atoms with Gasteiger partial charge in [-0.25, -0.2) is 38.9 Å². The third-order valence-corrected chi connectivity index (χ3v) is 27.8. The van der Waals surface area contributed by atoms with Crippen LogP contribution in [0.2, 0.25) is 0 Å². The summed E-state index contributed by atoms with van der Waals surface area (Å²) < 4.78 is 62.3. The maximum atomic E-state index is 12.4. The van der Waals surface area contributed by atoms with Gasteiger partial charge in [0.2, 0.25) is 17.4 Å². The van der Waals surface area contributed by atoms with Crippen molar-refractivity contribution in [2.45, 2.75) is 282 Å². The topological polar surface area (TPSA) is 230 Å². The molecule has 0 aromatic carbocycles. The van der Waals surface area contributed by atoms with E-state index < -0.39 is 69.5 Å². The van der Waals surface area contributed by atoms with Gasteiger partial charge < -0.3 is 67.6 Å². The minimum Gasteiger partial charge on any atom is -0.444 e. The van der Waals surface area contributed by atoms with Crippen LogP contribution in [-0.2, 0) is 76.7 Å². The molecule has 3 spiro atoms. The number of aliphatic hydroxyl groups excluding tert-OH is 1. The van der Waals surface area contributed by atoms with Gasteiger partial charge in [-0.2, -0.15) is 0 Å². The van der Waals surface area contributed by atoms with Gasteiger partial charge in [0.15, 0.2) is 47.2 Å². The number of nitrogens with one attached hydrogen (secondary N) is 1. The average molecular weight is 1600 g/mol. The first-order valence-corrected chi connectivity index (χ1v) is 41.9. The average Bonchev–Trinajstić information content (AvgIpc) is 1.69. The molecule has 3 unspecified atom stereocenters. The molecular formula is C77H133BrCl2N6O19. The van der Waals surface area contributed by atoms with Crippen molar-refractivity contribution in [3.8, 4) is 0 Å². The highest BCUT2D eigenvalue weighted by Crippen LogP contribution is 2.66. The lowest BCUT2D eigenvalue weighted by atomic mass is 9.57. The molecule has 18 aliphatic rings. The Morgan fingerprint density at radius 3 is 1.11 bits per heavy atom. The minimum absolute atomic E-state index is 0.127. The number of alkyl halides is 3. The molecule has 28 heteroatoms. The van der Waals surface area contributed by atoms with Gasteiger partial charge in [-0.15, -0.1) is 23.2 Å². The second kappa shape index (κ2) is 33.3. The summed E-state index contributed by atoms with van der Waals surface area (Å²) in [6, 6.07) is 0. The van der Waals surface area contributed by atoms with Gasteiger partial charge in [0, 0.05) is 153 Å². The van der Waals surface area contributed by atoms with Gasteiger partial charge in [0.1, 0.15) is 15.7 Å². The standard InChI is InChI=1S/C27H46N2O7.C22H38N2O5.C16H25BrO4.C11H22N2O3.CH2Cl2/c1-18-8-9-21-19(2)26(7,33-22-27(21)20(18)10-11-25(6,32-22)35-36-27)31-17-16-28-12-14-29(15-13-28)23(30)34-24(3,4)5;1-15-5-6-18-16(2)21(4,25-14-13-24-11-9-23-10-12-24)27-19-22(18)17(15)7-8-20(3,26-19)28-29-22;1-9-5-6-12-10(2)15(4,17)19-13-16(12)11(9)7-8-14(3,18-13)20-21-16;1-11(2,3)16-10(15)13-6-4-12(5-7-13)8-9-14;2-1-3/h18-22H,8-17H2,1-7H3;15-19,23H,5-14H2,1-4H3;9-13H,5-8H2,1-4H3;14H,4-9H2,1-3H3;1H2/t18-,19-,20?,21+,22+,25+,26+,27-;15-,16-,17?,18+,19+,20+,21+,22-;9-,10-,11?,12+,13+,14+,15+,16-;;/m111../s1. The Hall–Kier alpha value is -1.16. The summed E-state index contributed by atoms with van der Waals surface area (Å²) >= 11 is 13.3. The van der Waals surface area contributed by atoms with Crippen molar-refractivity contribution in [3.63, 3.8) is 0 Å². The normalized spacial score (nSPS) is 45.7. The summed E-state index contributed by atoms with van der Waals surface area (Å²) in [5.41, 5.74) is -2.44. The van der Waals surface area contributed by atoms with Crippen molar-refractivity contribution >= 4 is 51.3 Å². The number of nitrogens with zero attached hydrogens (tertiary/aromatic N) is 5. The van der Waals surface area contributed by atoms with Crippen LogP contribution in [0, 0.1) is 71.0 Å². The lowest BCUT2D eigenvalue weighted by Crippen LogP contribution is -2.73. The van der Waals surface area contributed by atoms with Gasteiger partial charge >= 0.3 is 12.2 Å². The van der Waals surface area contributed by atoms with Crippen molar-refractivity contribution in [3.05, 3.63) is 0 Å². The Balaban J connectivity index is 0.000000144. The van der Waals surface area contributed by atoms with E-state index in [1.165, 1.54) is 19.3 Å². The van der Waals surface area contributed by atoms with Gasteiger partial charge in [0.05, 0.1) is 25.2 Å². The van der Waals surface area contributed by atoms with E-state index in [-0.39, 0.29) is 52.7 Å². The number of piperazine rings is 3. The summed E-state index contributed by atoms with van der Waals surface area (Å²) in [4.78, 5) is 70.7. The highest BCUT2D eigenvalue weighted by Gasteiger charge is 2.75. The number of ether oxygens (including phenoxy) is 10. The molecule has 0 aromatic rings. The van der Waals surface area contributed by atoms with Crippen LogP contribution in [0.15, 0.2) is 0 Å². The van der Waals surface area contributed by atoms with E-state index in [9.17, 15) is 9.59 Å². The van der Waals surface area contributed by atoms with Gasteiger partial charge in [0.25, 0.3) is 0 Å². The molecule has 606 valence electrons. The van der Waals surface area contributed by atoms with Crippen LogP contribution in [-0.4, -0.2) is 245 Å². The van der Waals surface area contributed by atoms with Crippen LogP contribution in [0.3, 0.4) is 0 Å². The van der Waals surface area contributed by atoms with Crippen molar-refractivity contribution in [2.24, 2.45) is 71.0 Å². The number of carbonyl (C=O) groups excluding carboxylic acids is 2. The van der Waals surface area contributed by atoms with Crippen LogP contribution in [0.5, 0.6) is 0 Å². The van der Waals surface area contributed by atoms with Gasteiger partial charge in [-0.05, 0) is 176 Å². The Bertz CT molecular complexity index is 2880. The number of halogens is 3. The van der Waals surface area contributed by atoms with Crippen molar-refractivity contribution in [1.29, 1.82) is 0 Å². The van der Waals surface area contributed by atoms with E-state index in [2.05, 4.69) is 98.3 Å². The molecule has 15 heterocycles. The molecule has 18 rings (SSSR count). The number of hydrogen-bond donors (Lipinski definition) is 2. The molecule has 18 fully saturated rings. The predicted octanol–water partition coefficient (Wildman–Crippen LogP) is 12.6. The van der Waals surface area contributed by atoms with Crippen molar-refractivity contribution < 1.29 is 91.4 Å². The highest BCUT2D eigenvalue weighted by atomic mass is 79.9. The zero-order chi connectivity index (χ0) is 76.1. The molecule has 2 N–H and O–H groups in total. The number of amides is 2. The molecular weight excluding hydrogens is 1460 g/mol. The predicted molar refractivity (Wildman–Crippen MR) is 397 cm³/mol. The Morgan fingerprint density at radius 2 is 0.771 bits per heavy atom. The summed E-state index contributed by atoms with van der Waals surface area (Å²) in [5, 5.41) is 12.4. The fraction of sp³-hybridized carbons (Fsp3) is 0.974. The Morgan fingerprint density at radius 1 is 0.448 bits per heavy atom. The molecule has 105 heavy (non-hydrogen) atoms. The molecule has 15 aliphatic heterocycles. The summed E-state index contributed by atoms with van der Waals surface area (Å²) in [5.74, 6) is 0.873. The van der Waals surface area contributed by atoms with Crippen LogP contribution in [0.4, 0.5) is 9.59 Å². The van der Waals surface area contributed by atoms with E-state index in [0.29, 0.717) is 99.2 Å². The second-order valence-corrected chi connectivity index (χ2v) is 38.6. The van der Waals surface area contributed by atoms with E-state index in [4.69, 9.17) is 105 Å². The van der Waals surface area contributed by atoms with Gasteiger partial charge in [-0.3, -0.25) is 14.7 Å². The zero-order valence-electron chi connectivity index (χ0n) is 66.7. The largest absolute Gasteiger partial charge is 0.444 e. The zero-order valence-corrected chi connectivity index (χ0v) is 69.8. The molecule has 3 aliphatic carbocycles. The monoisotopic (exact) mass is 1590 g/mol. The fourth-order valence-electron chi connectivity index (χ4n) is 20.3. The molecule has 3 saturated carbocycles. The van der Waals surface area contributed by atoms with Crippen LogP contribution >= 0.6 is 39.1 Å². The first-order valence-electron chi connectivity index (χ1n) is 40.0. The summed E-state index contributed by atoms with van der Waals surface area (Å²) in [6.45, 7) is 51.1. The number of β-amino-alcohol motifs (C(OH)–C–C–N with tert-alkyl or cyclic N) is 1. The maximum absolute atomic E-state index is 12.4. The van der Waals surface area contributed by atoms with Crippen molar-refractivity contribution in [1.82, 2.24) is 29.8 Å². The minimum atomic E-state index is -0.785. The number of carbonyl (C=O) groups is 2. The molecule has 6 bridgehead atoms. The van der Waals surface area contributed by atoms with Gasteiger partial charge in [-0.1, -0.05) is 57.5 Å². The first-order chi connectivity index (χ1) is 49.3.